The first-order chi connectivity index (χ1) is 12.1. The van der Waals surface area contributed by atoms with Gasteiger partial charge in [0.15, 0.2) is 12.1 Å². The predicted molar refractivity (Wildman–Crippen MR) is 86.3 cm³/mol. The van der Waals surface area contributed by atoms with E-state index in [1.54, 1.807) is 35.1 Å². The number of hydrogen-bond acceptors (Lipinski definition) is 6. The number of ketones is 1. The van der Waals surface area contributed by atoms with E-state index in [2.05, 4.69) is 10.3 Å². The van der Waals surface area contributed by atoms with E-state index in [1.807, 2.05) is 0 Å². The maximum absolute atomic E-state index is 11.9. The monoisotopic (exact) mass is 345 g/mol. The normalized spacial score (nSPS) is 17.4. The summed E-state index contributed by atoms with van der Waals surface area (Å²) in [6.07, 6.45) is 3.82. The fourth-order valence-corrected chi connectivity index (χ4v) is 2.64. The van der Waals surface area contributed by atoms with Crippen molar-refractivity contribution in [3.05, 3.63) is 41.7 Å². The SMILES string of the molecule is O=C(O)CC(=O)c1cccc(-n2nncc2COC2CCCCO2)c1. The molecule has 2 heterocycles. The van der Waals surface area contributed by atoms with Crippen molar-refractivity contribution in [2.75, 3.05) is 6.61 Å². The lowest BCUT2D eigenvalue weighted by Gasteiger charge is -2.22. The molecule has 8 heteroatoms. The zero-order valence-corrected chi connectivity index (χ0v) is 13.6. The molecule has 1 aliphatic heterocycles. The zero-order valence-electron chi connectivity index (χ0n) is 13.6. The molecule has 1 N–H and O–H groups in total. The van der Waals surface area contributed by atoms with Gasteiger partial charge in [-0.1, -0.05) is 17.3 Å². The fourth-order valence-electron chi connectivity index (χ4n) is 2.64. The maximum Gasteiger partial charge on any atom is 0.311 e. The van der Waals surface area contributed by atoms with E-state index in [-0.39, 0.29) is 12.9 Å². The molecule has 3 rings (SSSR count). The molecule has 1 aromatic carbocycles. The van der Waals surface area contributed by atoms with Crippen LogP contribution >= 0.6 is 0 Å². The highest BCUT2D eigenvalue weighted by Gasteiger charge is 2.17. The van der Waals surface area contributed by atoms with E-state index in [4.69, 9.17) is 14.6 Å². The van der Waals surface area contributed by atoms with Gasteiger partial charge in [0.2, 0.25) is 0 Å². The molecule has 0 aliphatic carbocycles. The summed E-state index contributed by atoms with van der Waals surface area (Å²) >= 11 is 0. The molecule has 0 radical (unpaired) electrons. The summed E-state index contributed by atoms with van der Waals surface area (Å²) in [7, 11) is 0. The van der Waals surface area contributed by atoms with Crippen LogP contribution in [0.4, 0.5) is 0 Å². The molecular weight excluding hydrogens is 326 g/mol. The van der Waals surface area contributed by atoms with Gasteiger partial charge in [0, 0.05) is 12.2 Å². The van der Waals surface area contributed by atoms with Gasteiger partial charge in [-0.05, 0) is 31.4 Å². The lowest BCUT2D eigenvalue weighted by molar-refractivity contribution is -0.169. The van der Waals surface area contributed by atoms with Crippen molar-refractivity contribution in [2.24, 2.45) is 0 Å². The van der Waals surface area contributed by atoms with Gasteiger partial charge >= 0.3 is 5.97 Å². The second-order valence-electron chi connectivity index (χ2n) is 5.79. The molecule has 1 unspecified atom stereocenters. The molecule has 0 saturated carbocycles. The number of aliphatic carboxylic acids is 1. The Bertz CT molecular complexity index is 752. The lowest BCUT2D eigenvalue weighted by atomic mass is 10.1. The minimum atomic E-state index is -1.15. The van der Waals surface area contributed by atoms with Gasteiger partial charge in [-0.2, -0.15) is 0 Å². The van der Waals surface area contributed by atoms with Gasteiger partial charge in [-0.3, -0.25) is 9.59 Å². The Morgan fingerprint density at radius 3 is 3.00 bits per heavy atom. The number of rotatable bonds is 7. The van der Waals surface area contributed by atoms with Crippen molar-refractivity contribution >= 4 is 11.8 Å². The molecule has 25 heavy (non-hydrogen) atoms. The van der Waals surface area contributed by atoms with Gasteiger partial charge in [0.25, 0.3) is 0 Å². The minimum Gasteiger partial charge on any atom is -0.481 e. The van der Waals surface area contributed by atoms with Gasteiger partial charge in [-0.15, -0.1) is 5.10 Å². The molecule has 1 aliphatic rings. The van der Waals surface area contributed by atoms with Crippen LogP contribution in [0.1, 0.15) is 41.7 Å². The Kier molecular flexibility index (Phi) is 5.52. The molecule has 0 amide bonds. The Labute approximate surface area is 144 Å². The van der Waals surface area contributed by atoms with Crippen LogP contribution in [0.2, 0.25) is 0 Å². The third-order valence-corrected chi connectivity index (χ3v) is 3.90. The molecule has 1 atom stereocenters. The Balaban J connectivity index is 1.73. The van der Waals surface area contributed by atoms with Crippen LogP contribution < -0.4 is 0 Å². The van der Waals surface area contributed by atoms with Crippen LogP contribution in [0.25, 0.3) is 5.69 Å². The molecular formula is C17H19N3O5. The van der Waals surface area contributed by atoms with E-state index in [0.717, 1.165) is 25.0 Å². The summed E-state index contributed by atoms with van der Waals surface area (Å²) in [5, 5.41) is 16.7. The number of carboxylic acid groups (broad SMARTS) is 1. The second-order valence-corrected chi connectivity index (χ2v) is 5.79. The summed E-state index contributed by atoms with van der Waals surface area (Å²) < 4.78 is 12.9. The van der Waals surface area contributed by atoms with Crippen molar-refractivity contribution in [3.63, 3.8) is 0 Å². The average molecular weight is 345 g/mol. The van der Waals surface area contributed by atoms with Crippen LogP contribution in [0, 0.1) is 0 Å². The van der Waals surface area contributed by atoms with E-state index < -0.39 is 18.2 Å². The smallest absolute Gasteiger partial charge is 0.311 e. The molecule has 2 aromatic rings. The Hall–Kier alpha value is -2.58. The summed E-state index contributed by atoms with van der Waals surface area (Å²) in [6.45, 7) is 0.987. The number of aromatic nitrogens is 3. The number of carbonyl (C=O) groups excluding carboxylic acids is 1. The lowest BCUT2D eigenvalue weighted by Crippen LogP contribution is -2.22. The van der Waals surface area contributed by atoms with Gasteiger partial charge in [0.05, 0.1) is 24.2 Å². The molecule has 1 fully saturated rings. The third-order valence-electron chi connectivity index (χ3n) is 3.90. The van der Waals surface area contributed by atoms with Crippen LogP contribution in [0.15, 0.2) is 30.5 Å². The highest BCUT2D eigenvalue weighted by molar-refractivity contribution is 6.05. The summed E-state index contributed by atoms with van der Waals surface area (Å²) in [4.78, 5) is 22.6. The maximum atomic E-state index is 11.9. The first-order valence-electron chi connectivity index (χ1n) is 8.11. The molecule has 1 saturated heterocycles. The number of ether oxygens (including phenoxy) is 2. The molecule has 0 bridgehead atoms. The van der Waals surface area contributed by atoms with Crippen LogP contribution in [0.5, 0.6) is 0 Å². The van der Waals surface area contributed by atoms with Gasteiger partial charge in [-0.25, -0.2) is 4.68 Å². The summed E-state index contributed by atoms with van der Waals surface area (Å²) in [5.74, 6) is -1.61. The number of benzene rings is 1. The quantitative estimate of drug-likeness (QED) is 0.604. The van der Waals surface area contributed by atoms with E-state index in [1.165, 1.54) is 0 Å². The average Bonchev–Trinajstić information content (AvgIpc) is 3.09. The predicted octanol–water partition coefficient (Wildman–Crippen LogP) is 1.97. The van der Waals surface area contributed by atoms with Crippen molar-refractivity contribution in [2.45, 2.75) is 38.6 Å². The molecule has 8 nitrogen and oxygen atoms in total. The summed E-state index contributed by atoms with van der Waals surface area (Å²) in [6, 6.07) is 6.63. The van der Waals surface area contributed by atoms with Gasteiger partial charge < -0.3 is 14.6 Å². The van der Waals surface area contributed by atoms with Crippen molar-refractivity contribution in [3.8, 4) is 5.69 Å². The summed E-state index contributed by atoms with van der Waals surface area (Å²) in [5.41, 5.74) is 1.66. The molecule has 132 valence electrons. The number of carboxylic acids is 1. The number of carbonyl (C=O) groups is 2. The zero-order chi connectivity index (χ0) is 17.6. The van der Waals surface area contributed by atoms with Crippen LogP contribution in [0.3, 0.4) is 0 Å². The van der Waals surface area contributed by atoms with E-state index in [0.29, 0.717) is 17.9 Å². The molecule has 1 aromatic heterocycles. The van der Waals surface area contributed by atoms with Crippen LogP contribution in [-0.4, -0.2) is 44.7 Å². The second kappa shape index (κ2) is 8.00. The molecule has 0 spiro atoms. The Morgan fingerprint density at radius 1 is 1.36 bits per heavy atom. The van der Waals surface area contributed by atoms with Crippen molar-refractivity contribution in [1.29, 1.82) is 0 Å². The van der Waals surface area contributed by atoms with E-state index in [9.17, 15) is 9.59 Å². The first-order valence-corrected chi connectivity index (χ1v) is 8.11. The van der Waals surface area contributed by atoms with Crippen molar-refractivity contribution < 1.29 is 24.2 Å². The number of nitrogens with zero attached hydrogens (tertiary/aromatic N) is 3. The number of Topliss-reactive ketones (excluding diaryl/α,β-unsaturated/α-hetero) is 1. The van der Waals surface area contributed by atoms with Crippen molar-refractivity contribution in [1.82, 2.24) is 15.0 Å². The number of hydrogen-bond donors (Lipinski definition) is 1. The highest BCUT2D eigenvalue weighted by Crippen LogP contribution is 2.17. The standard InChI is InChI=1S/C17H19N3O5/c21-15(9-16(22)23)12-4-3-5-13(8-12)20-14(10-18-19-20)11-25-17-6-1-2-7-24-17/h3-5,8,10,17H,1-2,6-7,9,11H2,(H,22,23). The third kappa shape index (κ3) is 4.49. The highest BCUT2D eigenvalue weighted by atomic mass is 16.7. The fraction of sp³-hybridized carbons (Fsp3) is 0.412. The first kappa shape index (κ1) is 17.2. The Morgan fingerprint density at radius 2 is 2.24 bits per heavy atom. The van der Waals surface area contributed by atoms with E-state index >= 15 is 0 Å². The topological polar surface area (TPSA) is 104 Å². The van der Waals surface area contributed by atoms with Gasteiger partial charge in [0.1, 0.15) is 6.42 Å². The van der Waals surface area contributed by atoms with Crippen LogP contribution in [-0.2, 0) is 20.9 Å². The minimum absolute atomic E-state index is 0.222. The largest absolute Gasteiger partial charge is 0.481 e.